The van der Waals surface area contributed by atoms with Crippen molar-refractivity contribution in [2.24, 2.45) is 5.92 Å². The molecule has 1 heterocycles. The summed E-state index contributed by atoms with van der Waals surface area (Å²) in [5.41, 5.74) is 1.33. The van der Waals surface area contributed by atoms with Gasteiger partial charge in [0, 0.05) is 18.8 Å². The van der Waals surface area contributed by atoms with Crippen molar-refractivity contribution < 1.29 is 19.0 Å². The molecule has 1 aliphatic rings. The fraction of sp³-hybridized carbons (Fsp3) is 0.368. The normalized spacial score (nSPS) is 13.2. The Morgan fingerprint density at radius 2 is 2.04 bits per heavy atom. The average molecular weight is 342 g/mol. The van der Waals surface area contributed by atoms with Crippen LogP contribution in [0, 0.1) is 5.92 Å². The molecule has 1 saturated carbocycles. The molecule has 1 aromatic heterocycles. The predicted octanol–water partition coefficient (Wildman–Crippen LogP) is 2.82. The molecule has 3 rings (SSSR count). The minimum absolute atomic E-state index is 0.232. The second-order valence-electron chi connectivity index (χ2n) is 5.98. The molecule has 1 aromatic carbocycles. The first kappa shape index (κ1) is 17.1. The van der Waals surface area contributed by atoms with E-state index in [1.165, 1.54) is 27.1 Å². The van der Waals surface area contributed by atoms with Gasteiger partial charge in [0.05, 0.1) is 26.4 Å². The van der Waals surface area contributed by atoms with Crippen LogP contribution in [0.3, 0.4) is 0 Å². The van der Waals surface area contributed by atoms with Crippen molar-refractivity contribution in [2.75, 3.05) is 20.8 Å². The zero-order valence-corrected chi connectivity index (χ0v) is 14.5. The number of hydrogen-bond donors (Lipinski definition) is 1. The maximum atomic E-state index is 12.4. The van der Waals surface area contributed by atoms with E-state index in [1.807, 2.05) is 12.1 Å². The zero-order valence-electron chi connectivity index (χ0n) is 14.5. The van der Waals surface area contributed by atoms with E-state index in [9.17, 15) is 4.79 Å². The number of aromatic nitrogens is 1. The summed E-state index contributed by atoms with van der Waals surface area (Å²) in [5, 5.41) is 2.87. The van der Waals surface area contributed by atoms with Crippen LogP contribution < -0.4 is 19.5 Å². The van der Waals surface area contributed by atoms with Crippen molar-refractivity contribution in [1.82, 2.24) is 10.3 Å². The van der Waals surface area contributed by atoms with E-state index in [-0.39, 0.29) is 5.91 Å². The van der Waals surface area contributed by atoms with Crippen LogP contribution in [0.25, 0.3) is 0 Å². The number of nitrogens with zero attached hydrogens (tertiary/aromatic N) is 1. The Hall–Kier alpha value is -2.76. The molecule has 0 bridgehead atoms. The fourth-order valence-corrected chi connectivity index (χ4v) is 2.43. The number of amides is 1. The molecule has 132 valence electrons. The molecular formula is C19H22N2O4. The van der Waals surface area contributed by atoms with Gasteiger partial charge in [0.25, 0.3) is 5.91 Å². The summed E-state index contributed by atoms with van der Waals surface area (Å²) < 4.78 is 16.1. The number of nitrogens with one attached hydrogen (secondary N) is 1. The van der Waals surface area contributed by atoms with E-state index in [1.54, 1.807) is 24.4 Å². The minimum Gasteiger partial charge on any atom is -0.493 e. The smallest absolute Gasteiger partial charge is 0.255 e. The van der Waals surface area contributed by atoms with Crippen LogP contribution in [-0.4, -0.2) is 31.7 Å². The van der Waals surface area contributed by atoms with Crippen molar-refractivity contribution in [3.05, 3.63) is 47.7 Å². The maximum absolute atomic E-state index is 12.4. The number of pyridine rings is 1. The van der Waals surface area contributed by atoms with Gasteiger partial charge in [0.1, 0.15) is 0 Å². The molecule has 0 unspecified atom stereocenters. The van der Waals surface area contributed by atoms with Crippen LogP contribution in [-0.2, 0) is 6.54 Å². The summed E-state index contributed by atoms with van der Waals surface area (Å²) in [7, 11) is 3.05. The van der Waals surface area contributed by atoms with Gasteiger partial charge in [-0.3, -0.25) is 4.79 Å². The second kappa shape index (κ2) is 7.88. The molecular weight excluding hydrogens is 320 g/mol. The summed E-state index contributed by atoms with van der Waals surface area (Å²) >= 11 is 0. The number of ether oxygens (including phenoxy) is 3. The Morgan fingerprint density at radius 3 is 2.68 bits per heavy atom. The van der Waals surface area contributed by atoms with Gasteiger partial charge >= 0.3 is 0 Å². The molecule has 0 spiro atoms. The summed E-state index contributed by atoms with van der Waals surface area (Å²) in [5.74, 6) is 2.03. The molecule has 1 fully saturated rings. The van der Waals surface area contributed by atoms with Crippen LogP contribution in [0.2, 0.25) is 0 Å². The second-order valence-corrected chi connectivity index (χ2v) is 5.98. The SMILES string of the molecule is COc1cccc(C(=O)NCc2ccc(OCC3CC3)nc2)c1OC. The highest BCUT2D eigenvalue weighted by Gasteiger charge is 2.22. The van der Waals surface area contributed by atoms with Crippen molar-refractivity contribution >= 4 is 5.91 Å². The van der Waals surface area contributed by atoms with Crippen LogP contribution in [0.4, 0.5) is 0 Å². The van der Waals surface area contributed by atoms with Crippen molar-refractivity contribution in [2.45, 2.75) is 19.4 Å². The Bertz CT molecular complexity index is 727. The van der Waals surface area contributed by atoms with E-state index in [0.717, 1.165) is 12.2 Å². The highest BCUT2D eigenvalue weighted by molar-refractivity contribution is 5.97. The molecule has 25 heavy (non-hydrogen) atoms. The standard InChI is InChI=1S/C19H22N2O4/c1-23-16-5-3-4-15(18(16)24-2)19(22)21-11-14-8-9-17(20-10-14)25-12-13-6-7-13/h3-5,8-10,13H,6-7,11-12H2,1-2H3,(H,21,22). The van der Waals surface area contributed by atoms with Gasteiger partial charge in [-0.15, -0.1) is 0 Å². The summed E-state index contributed by atoms with van der Waals surface area (Å²) in [6, 6.07) is 8.93. The Balaban J connectivity index is 1.58. The largest absolute Gasteiger partial charge is 0.493 e. The fourth-order valence-electron chi connectivity index (χ4n) is 2.43. The van der Waals surface area contributed by atoms with Gasteiger partial charge in [-0.05, 0) is 36.5 Å². The number of carbonyl (C=O) groups excluding carboxylic acids is 1. The van der Waals surface area contributed by atoms with Crippen LogP contribution in [0.1, 0.15) is 28.8 Å². The lowest BCUT2D eigenvalue weighted by Gasteiger charge is -2.12. The monoisotopic (exact) mass is 342 g/mol. The first-order chi connectivity index (χ1) is 12.2. The van der Waals surface area contributed by atoms with Gasteiger partial charge in [0.2, 0.25) is 5.88 Å². The molecule has 0 aliphatic heterocycles. The summed E-state index contributed by atoms with van der Waals surface area (Å²) in [4.78, 5) is 16.7. The lowest BCUT2D eigenvalue weighted by atomic mass is 10.1. The third kappa shape index (κ3) is 4.41. The van der Waals surface area contributed by atoms with Crippen LogP contribution in [0.5, 0.6) is 17.4 Å². The Kier molecular flexibility index (Phi) is 5.38. The molecule has 1 aliphatic carbocycles. The van der Waals surface area contributed by atoms with E-state index < -0.39 is 0 Å². The van der Waals surface area contributed by atoms with Gasteiger partial charge in [0.15, 0.2) is 11.5 Å². The van der Waals surface area contributed by atoms with Crippen molar-refractivity contribution in [1.29, 1.82) is 0 Å². The van der Waals surface area contributed by atoms with Gasteiger partial charge < -0.3 is 19.5 Å². The quantitative estimate of drug-likeness (QED) is 0.799. The van der Waals surface area contributed by atoms with Gasteiger partial charge in [-0.1, -0.05) is 12.1 Å². The molecule has 0 radical (unpaired) electrons. The summed E-state index contributed by atoms with van der Waals surface area (Å²) in [6.07, 6.45) is 4.21. The van der Waals surface area contributed by atoms with E-state index >= 15 is 0 Å². The molecule has 6 nitrogen and oxygen atoms in total. The van der Waals surface area contributed by atoms with Gasteiger partial charge in [-0.25, -0.2) is 4.98 Å². The minimum atomic E-state index is -0.232. The highest BCUT2D eigenvalue weighted by atomic mass is 16.5. The van der Waals surface area contributed by atoms with Crippen LogP contribution in [0.15, 0.2) is 36.5 Å². The third-order valence-electron chi connectivity index (χ3n) is 4.06. The number of carbonyl (C=O) groups is 1. The van der Waals surface area contributed by atoms with E-state index in [0.29, 0.717) is 35.4 Å². The zero-order chi connectivity index (χ0) is 17.6. The number of para-hydroxylation sites is 1. The van der Waals surface area contributed by atoms with Gasteiger partial charge in [-0.2, -0.15) is 0 Å². The lowest BCUT2D eigenvalue weighted by molar-refractivity contribution is 0.0947. The Morgan fingerprint density at radius 1 is 1.20 bits per heavy atom. The average Bonchev–Trinajstić information content (AvgIpc) is 3.49. The Labute approximate surface area is 147 Å². The van der Waals surface area contributed by atoms with Crippen molar-refractivity contribution in [3.63, 3.8) is 0 Å². The number of benzene rings is 1. The number of methoxy groups -OCH3 is 2. The first-order valence-corrected chi connectivity index (χ1v) is 8.28. The van der Waals surface area contributed by atoms with E-state index in [4.69, 9.17) is 14.2 Å². The van der Waals surface area contributed by atoms with E-state index in [2.05, 4.69) is 10.3 Å². The van der Waals surface area contributed by atoms with Crippen LogP contribution >= 0.6 is 0 Å². The molecule has 6 heteroatoms. The molecule has 1 N–H and O–H groups in total. The third-order valence-corrected chi connectivity index (χ3v) is 4.06. The summed E-state index contributed by atoms with van der Waals surface area (Å²) in [6.45, 7) is 1.10. The lowest BCUT2D eigenvalue weighted by Crippen LogP contribution is -2.23. The number of hydrogen-bond acceptors (Lipinski definition) is 5. The molecule has 1 amide bonds. The molecule has 2 aromatic rings. The predicted molar refractivity (Wildman–Crippen MR) is 93.2 cm³/mol. The van der Waals surface area contributed by atoms with Crippen molar-refractivity contribution in [3.8, 4) is 17.4 Å². The first-order valence-electron chi connectivity index (χ1n) is 8.28. The highest BCUT2D eigenvalue weighted by Crippen LogP contribution is 2.30. The molecule has 0 atom stereocenters. The number of rotatable bonds is 8. The molecule has 0 saturated heterocycles. The topological polar surface area (TPSA) is 69.7 Å². The maximum Gasteiger partial charge on any atom is 0.255 e.